The summed E-state index contributed by atoms with van der Waals surface area (Å²) in [7, 11) is 2.01. The number of nitrogens with zero attached hydrogens (tertiary/aromatic N) is 1. The average Bonchev–Trinajstić information content (AvgIpc) is 2.15. The summed E-state index contributed by atoms with van der Waals surface area (Å²) in [4.78, 5) is 2.13. The molecule has 3 nitrogen and oxygen atoms in total. The molecule has 15 heavy (non-hydrogen) atoms. The molecule has 2 N–H and O–H groups in total. The molecule has 1 unspecified atom stereocenters. The van der Waals surface area contributed by atoms with E-state index in [0.29, 0.717) is 5.75 Å². The van der Waals surface area contributed by atoms with Crippen LogP contribution in [0.15, 0.2) is 24.3 Å². The maximum Gasteiger partial charge on any atom is 0.115 e. The highest BCUT2D eigenvalue weighted by Crippen LogP contribution is 2.12. The molecule has 0 aliphatic rings. The van der Waals surface area contributed by atoms with Crippen molar-refractivity contribution >= 4 is 0 Å². The summed E-state index contributed by atoms with van der Waals surface area (Å²) in [5, 5.41) is 18.4. The number of aliphatic hydroxyl groups is 1. The Morgan fingerprint density at radius 3 is 2.73 bits per heavy atom. The van der Waals surface area contributed by atoms with Crippen LogP contribution in [0, 0.1) is 0 Å². The smallest absolute Gasteiger partial charge is 0.115 e. The standard InChI is InChI=1S/C12H19NO2/c1-10(14)6-7-13(2)9-11-4-3-5-12(15)8-11/h3-5,8,10,14-15H,6-7,9H2,1-2H3. The van der Waals surface area contributed by atoms with E-state index in [9.17, 15) is 5.11 Å². The lowest BCUT2D eigenvalue weighted by Gasteiger charge is -2.17. The second-order valence-electron chi connectivity index (χ2n) is 4.05. The third kappa shape index (κ3) is 4.81. The van der Waals surface area contributed by atoms with Gasteiger partial charge in [0.25, 0.3) is 0 Å². The fourth-order valence-electron chi connectivity index (χ4n) is 1.45. The minimum Gasteiger partial charge on any atom is -0.508 e. The molecule has 0 saturated heterocycles. The van der Waals surface area contributed by atoms with Gasteiger partial charge in [-0.25, -0.2) is 0 Å². The van der Waals surface area contributed by atoms with Crippen molar-refractivity contribution in [2.75, 3.05) is 13.6 Å². The Morgan fingerprint density at radius 1 is 1.40 bits per heavy atom. The molecule has 0 radical (unpaired) electrons. The Morgan fingerprint density at radius 2 is 2.13 bits per heavy atom. The Labute approximate surface area is 91.0 Å². The van der Waals surface area contributed by atoms with E-state index >= 15 is 0 Å². The molecule has 0 aliphatic heterocycles. The number of aliphatic hydroxyl groups excluding tert-OH is 1. The maximum absolute atomic E-state index is 9.29. The molecule has 0 fully saturated rings. The molecule has 0 aliphatic carbocycles. The number of rotatable bonds is 5. The first-order valence-corrected chi connectivity index (χ1v) is 5.22. The van der Waals surface area contributed by atoms with Crippen molar-refractivity contribution in [1.82, 2.24) is 4.90 Å². The first-order chi connectivity index (χ1) is 7.08. The van der Waals surface area contributed by atoms with Crippen LogP contribution < -0.4 is 0 Å². The van der Waals surface area contributed by atoms with Gasteiger partial charge in [0.1, 0.15) is 5.75 Å². The highest BCUT2D eigenvalue weighted by atomic mass is 16.3. The zero-order valence-electron chi connectivity index (χ0n) is 9.35. The van der Waals surface area contributed by atoms with Crippen LogP contribution in [0.4, 0.5) is 0 Å². The van der Waals surface area contributed by atoms with Gasteiger partial charge in [-0.3, -0.25) is 0 Å². The number of phenols is 1. The lowest BCUT2D eigenvalue weighted by atomic mass is 10.2. The van der Waals surface area contributed by atoms with E-state index in [1.54, 1.807) is 19.1 Å². The fourth-order valence-corrected chi connectivity index (χ4v) is 1.45. The van der Waals surface area contributed by atoms with Crippen LogP contribution in [0.2, 0.25) is 0 Å². The number of hydrogen-bond donors (Lipinski definition) is 2. The predicted molar refractivity (Wildman–Crippen MR) is 60.7 cm³/mol. The molecule has 0 bridgehead atoms. The topological polar surface area (TPSA) is 43.7 Å². The monoisotopic (exact) mass is 209 g/mol. The van der Waals surface area contributed by atoms with Crippen LogP contribution in [0.5, 0.6) is 5.75 Å². The zero-order chi connectivity index (χ0) is 11.3. The van der Waals surface area contributed by atoms with E-state index in [2.05, 4.69) is 4.90 Å². The van der Waals surface area contributed by atoms with Crippen LogP contribution in [-0.4, -0.2) is 34.8 Å². The van der Waals surface area contributed by atoms with Crippen LogP contribution in [0.3, 0.4) is 0 Å². The number of aromatic hydroxyl groups is 1. The van der Waals surface area contributed by atoms with Gasteiger partial charge in [0, 0.05) is 13.1 Å². The molecule has 0 heterocycles. The third-order valence-corrected chi connectivity index (χ3v) is 2.29. The van der Waals surface area contributed by atoms with E-state index in [1.807, 2.05) is 19.2 Å². The summed E-state index contributed by atoms with van der Waals surface area (Å²) in [6, 6.07) is 7.25. The average molecular weight is 209 g/mol. The van der Waals surface area contributed by atoms with Crippen molar-refractivity contribution in [3.05, 3.63) is 29.8 Å². The highest BCUT2D eigenvalue weighted by Gasteiger charge is 2.03. The van der Waals surface area contributed by atoms with Gasteiger partial charge in [-0.1, -0.05) is 12.1 Å². The third-order valence-electron chi connectivity index (χ3n) is 2.29. The molecule has 1 rings (SSSR count). The Hall–Kier alpha value is -1.06. The summed E-state index contributed by atoms with van der Waals surface area (Å²) in [5.74, 6) is 0.302. The van der Waals surface area contributed by atoms with Gasteiger partial charge in [-0.15, -0.1) is 0 Å². The van der Waals surface area contributed by atoms with Crippen molar-refractivity contribution in [3.8, 4) is 5.75 Å². The van der Waals surface area contributed by atoms with Crippen LogP contribution >= 0.6 is 0 Å². The second kappa shape index (κ2) is 5.73. The first kappa shape index (κ1) is 12.0. The van der Waals surface area contributed by atoms with Gasteiger partial charge < -0.3 is 15.1 Å². The van der Waals surface area contributed by atoms with E-state index in [0.717, 1.165) is 25.1 Å². The number of benzene rings is 1. The van der Waals surface area contributed by atoms with Gasteiger partial charge >= 0.3 is 0 Å². The van der Waals surface area contributed by atoms with Gasteiger partial charge in [-0.2, -0.15) is 0 Å². The molecule has 0 saturated carbocycles. The van der Waals surface area contributed by atoms with Crippen molar-refractivity contribution in [2.45, 2.75) is 26.0 Å². The molecule has 1 aromatic carbocycles. The zero-order valence-corrected chi connectivity index (χ0v) is 9.35. The maximum atomic E-state index is 9.29. The number of hydrogen-bond acceptors (Lipinski definition) is 3. The van der Waals surface area contributed by atoms with Gasteiger partial charge in [0.05, 0.1) is 6.10 Å². The van der Waals surface area contributed by atoms with Crippen molar-refractivity contribution in [1.29, 1.82) is 0 Å². The van der Waals surface area contributed by atoms with Gasteiger partial charge in [-0.05, 0) is 38.1 Å². The van der Waals surface area contributed by atoms with E-state index in [-0.39, 0.29) is 6.10 Å². The van der Waals surface area contributed by atoms with Crippen LogP contribution in [0.25, 0.3) is 0 Å². The molecular weight excluding hydrogens is 190 g/mol. The van der Waals surface area contributed by atoms with Crippen molar-refractivity contribution in [2.24, 2.45) is 0 Å². The Balaban J connectivity index is 2.40. The van der Waals surface area contributed by atoms with Crippen LogP contribution in [-0.2, 0) is 6.54 Å². The molecule has 0 aromatic heterocycles. The molecule has 0 spiro atoms. The fraction of sp³-hybridized carbons (Fsp3) is 0.500. The van der Waals surface area contributed by atoms with Gasteiger partial charge in [0.2, 0.25) is 0 Å². The summed E-state index contributed by atoms with van der Waals surface area (Å²) in [6.45, 7) is 3.44. The number of phenolic OH excluding ortho intramolecular Hbond substituents is 1. The summed E-state index contributed by atoms with van der Waals surface area (Å²) < 4.78 is 0. The van der Waals surface area contributed by atoms with Crippen molar-refractivity contribution < 1.29 is 10.2 Å². The molecule has 1 aromatic rings. The predicted octanol–water partition coefficient (Wildman–Crippen LogP) is 1.59. The quantitative estimate of drug-likeness (QED) is 0.774. The summed E-state index contributed by atoms with van der Waals surface area (Å²) >= 11 is 0. The summed E-state index contributed by atoms with van der Waals surface area (Å²) in [6.07, 6.45) is 0.520. The minimum atomic E-state index is -0.253. The lowest BCUT2D eigenvalue weighted by Crippen LogP contribution is -2.21. The Bertz CT molecular complexity index is 299. The van der Waals surface area contributed by atoms with E-state index in [4.69, 9.17) is 5.11 Å². The largest absolute Gasteiger partial charge is 0.508 e. The van der Waals surface area contributed by atoms with Crippen molar-refractivity contribution in [3.63, 3.8) is 0 Å². The molecule has 1 atom stereocenters. The molecule has 3 heteroatoms. The Kier molecular flexibility index (Phi) is 4.59. The lowest BCUT2D eigenvalue weighted by molar-refractivity contribution is 0.163. The molecular formula is C12H19NO2. The first-order valence-electron chi connectivity index (χ1n) is 5.22. The van der Waals surface area contributed by atoms with Gasteiger partial charge in [0.15, 0.2) is 0 Å². The minimum absolute atomic E-state index is 0.253. The summed E-state index contributed by atoms with van der Waals surface area (Å²) in [5.41, 5.74) is 1.09. The van der Waals surface area contributed by atoms with E-state index in [1.165, 1.54) is 0 Å². The molecule has 84 valence electrons. The molecule has 0 amide bonds. The SMILES string of the molecule is CC(O)CCN(C)Cc1cccc(O)c1. The van der Waals surface area contributed by atoms with E-state index < -0.39 is 0 Å². The highest BCUT2D eigenvalue weighted by molar-refractivity contribution is 5.26. The van der Waals surface area contributed by atoms with Crippen LogP contribution in [0.1, 0.15) is 18.9 Å². The second-order valence-corrected chi connectivity index (χ2v) is 4.05. The normalized spacial score (nSPS) is 13.1.